The number of hydrogen-bond acceptors (Lipinski definition) is 4. The molecule has 2 aromatic carbocycles. The lowest BCUT2D eigenvalue weighted by Gasteiger charge is -2.25. The highest BCUT2D eigenvalue weighted by Crippen LogP contribution is 2.30. The summed E-state index contributed by atoms with van der Waals surface area (Å²) in [5, 5.41) is 2.68. The fourth-order valence-corrected chi connectivity index (χ4v) is 2.16. The van der Waals surface area contributed by atoms with E-state index in [2.05, 4.69) is 5.32 Å². The Bertz CT molecular complexity index is 692. The minimum absolute atomic E-state index is 0.150. The summed E-state index contributed by atoms with van der Waals surface area (Å²) < 4.78 is 29.7. The number of hydrogen-bond donors (Lipinski definition) is 1. The largest absolute Gasteiger partial charge is 0.489 e. The van der Waals surface area contributed by atoms with Gasteiger partial charge in [0.15, 0.2) is 23.1 Å². The summed E-state index contributed by atoms with van der Waals surface area (Å²) in [4.78, 5) is 12.0. The summed E-state index contributed by atoms with van der Waals surface area (Å²) in [6.45, 7) is 0.558. The van der Waals surface area contributed by atoms with Gasteiger partial charge in [-0.25, -0.2) is 4.39 Å². The van der Waals surface area contributed by atoms with E-state index in [4.69, 9.17) is 14.2 Å². The Kier molecular flexibility index (Phi) is 4.61. The number of halogens is 1. The van der Waals surface area contributed by atoms with Crippen LogP contribution in [0.25, 0.3) is 0 Å². The molecule has 0 radical (unpaired) electrons. The quantitative estimate of drug-likeness (QED) is 0.859. The van der Waals surface area contributed by atoms with E-state index in [-0.39, 0.29) is 31.4 Å². The average Bonchev–Trinajstić information content (AvgIpc) is 2.59. The van der Waals surface area contributed by atoms with Crippen LogP contribution in [0.15, 0.2) is 48.5 Å². The molecule has 0 fully saturated rings. The van der Waals surface area contributed by atoms with Crippen LogP contribution in [0.1, 0.15) is 0 Å². The van der Waals surface area contributed by atoms with Crippen LogP contribution in [0.4, 0.5) is 4.39 Å². The van der Waals surface area contributed by atoms with E-state index in [1.165, 1.54) is 12.1 Å². The summed E-state index contributed by atoms with van der Waals surface area (Å²) in [5.41, 5.74) is 0. The van der Waals surface area contributed by atoms with E-state index in [9.17, 15) is 9.18 Å². The van der Waals surface area contributed by atoms with E-state index in [1.807, 2.05) is 12.1 Å². The summed E-state index contributed by atoms with van der Waals surface area (Å²) in [6, 6.07) is 13.3. The van der Waals surface area contributed by atoms with Gasteiger partial charge in [-0.3, -0.25) is 4.79 Å². The van der Waals surface area contributed by atoms with E-state index < -0.39 is 11.9 Å². The lowest BCUT2D eigenvalue weighted by molar-refractivity contribution is -0.130. The predicted molar refractivity (Wildman–Crippen MR) is 81.3 cm³/mol. The van der Waals surface area contributed by atoms with E-state index in [1.54, 1.807) is 24.3 Å². The fourth-order valence-electron chi connectivity index (χ4n) is 2.16. The molecule has 1 atom stereocenters. The maximum absolute atomic E-state index is 13.4. The lowest BCUT2D eigenvalue weighted by atomic mass is 10.2. The first-order valence-electron chi connectivity index (χ1n) is 7.27. The Morgan fingerprint density at radius 1 is 1.17 bits per heavy atom. The second-order valence-electron chi connectivity index (χ2n) is 4.93. The van der Waals surface area contributed by atoms with Gasteiger partial charge in [-0.1, -0.05) is 24.3 Å². The van der Waals surface area contributed by atoms with Crippen LogP contribution >= 0.6 is 0 Å². The number of fused-ring (bicyclic) bond motifs is 1. The third kappa shape index (κ3) is 3.71. The fraction of sp³-hybridized carbons (Fsp3) is 0.235. The van der Waals surface area contributed by atoms with Gasteiger partial charge in [0, 0.05) is 0 Å². The zero-order valence-electron chi connectivity index (χ0n) is 12.3. The average molecular weight is 317 g/mol. The van der Waals surface area contributed by atoms with E-state index in [0.29, 0.717) is 11.5 Å². The number of carbonyl (C=O) groups is 1. The molecule has 6 heteroatoms. The van der Waals surface area contributed by atoms with Gasteiger partial charge in [-0.05, 0) is 24.3 Å². The standard InChI is InChI=1S/C17H16FNO4/c18-12-5-1-2-6-13(12)21-10-9-19-17(20)16-11-22-14-7-3-4-8-15(14)23-16/h1-8,16H,9-11H2,(H,19,20)/t16-/m0/s1. The molecule has 0 saturated heterocycles. The van der Waals surface area contributed by atoms with Crippen molar-refractivity contribution in [3.8, 4) is 17.2 Å². The predicted octanol–water partition coefficient (Wildman–Crippen LogP) is 2.16. The maximum Gasteiger partial charge on any atom is 0.264 e. The third-order valence-electron chi connectivity index (χ3n) is 3.30. The zero-order valence-corrected chi connectivity index (χ0v) is 12.3. The molecule has 0 aromatic heterocycles. The number of amides is 1. The van der Waals surface area contributed by atoms with Crippen LogP contribution in [0.2, 0.25) is 0 Å². The number of ether oxygens (including phenoxy) is 3. The van der Waals surface area contributed by atoms with Crippen molar-refractivity contribution in [2.45, 2.75) is 6.10 Å². The summed E-state index contributed by atoms with van der Waals surface area (Å²) >= 11 is 0. The highest BCUT2D eigenvalue weighted by molar-refractivity contribution is 5.81. The minimum Gasteiger partial charge on any atom is -0.489 e. The van der Waals surface area contributed by atoms with Crippen molar-refractivity contribution in [3.63, 3.8) is 0 Å². The maximum atomic E-state index is 13.4. The molecular formula is C17H16FNO4. The molecule has 1 heterocycles. The minimum atomic E-state index is -0.710. The van der Waals surface area contributed by atoms with Gasteiger partial charge in [0.25, 0.3) is 5.91 Å². The molecule has 1 aliphatic heterocycles. The van der Waals surface area contributed by atoms with Crippen LogP contribution in [0.3, 0.4) is 0 Å². The van der Waals surface area contributed by atoms with Crippen molar-refractivity contribution in [2.75, 3.05) is 19.8 Å². The molecule has 2 aromatic rings. The Hall–Kier alpha value is -2.76. The van der Waals surface area contributed by atoms with Gasteiger partial charge in [0.1, 0.15) is 13.2 Å². The van der Waals surface area contributed by atoms with Crippen molar-refractivity contribution in [1.82, 2.24) is 5.32 Å². The number of para-hydroxylation sites is 3. The third-order valence-corrected chi connectivity index (χ3v) is 3.30. The highest BCUT2D eigenvalue weighted by atomic mass is 19.1. The molecule has 120 valence electrons. The molecule has 23 heavy (non-hydrogen) atoms. The molecule has 3 rings (SSSR count). The van der Waals surface area contributed by atoms with Crippen LogP contribution in [-0.2, 0) is 4.79 Å². The van der Waals surface area contributed by atoms with Gasteiger partial charge < -0.3 is 19.5 Å². The molecule has 5 nitrogen and oxygen atoms in total. The van der Waals surface area contributed by atoms with Crippen LogP contribution in [-0.4, -0.2) is 31.8 Å². The van der Waals surface area contributed by atoms with E-state index >= 15 is 0 Å². The van der Waals surface area contributed by atoms with Crippen LogP contribution in [0.5, 0.6) is 17.2 Å². The van der Waals surface area contributed by atoms with Crippen molar-refractivity contribution < 1.29 is 23.4 Å². The topological polar surface area (TPSA) is 56.8 Å². The lowest BCUT2D eigenvalue weighted by Crippen LogP contribution is -2.45. The number of nitrogens with one attached hydrogen (secondary N) is 1. The summed E-state index contributed by atoms with van der Waals surface area (Å²) in [5.74, 6) is 0.602. The molecule has 1 N–H and O–H groups in total. The van der Waals surface area contributed by atoms with Gasteiger partial charge in [0.2, 0.25) is 6.10 Å². The second kappa shape index (κ2) is 7.00. The van der Waals surface area contributed by atoms with Crippen molar-refractivity contribution in [1.29, 1.82) is 0 Å². The Morgan fingerprint density at radius 3 is 2.74 bits per heavy atom. The molecule has 0 unspecified atom stereocenters. The van der Waals surface area contributed by atoms with Crippen molar-refractivity contribution >= 4 is 5.91 Å². The van der Waals surface area contributed by atoms with Crippen LogP contribution in [0, 0.1) is 5.82 Å². The molecular weight excluding hydrogens is 301 g/mol. The van der Waals surface area contributed by atoms with Crippen molar-refractivity contribution in [2.24, 2.45) is 0 Å². The normalized spacial score (nSPS) is 15.8. The smallest absolute Gasteiger partial charge is 0.264 e. The number of carbonyl (C=O) groups excluding carboxylic acids is 1. The highest BCUT2D eigenvalue weighted by Gasteiger charge is 2.26. The Balaban J connectivity index is 1.45. The van der Waals surface area contributed by atoms with Crippen LogP contribution < -0.4 is 19.5 Å². The summed E-state index contributed by atoms with van der Waals surface area (Å²) in [7, 11) is 0. The van der Waals surface area contributed by atoms with Gasteiger partial charge >= 0.3 is 0 Å². The van der Waals surface area contributed by atoms with Gasteiger partial charge in [0.05, 0.1) is 6.54 Å². The summed E-state index contributed by atoms with van der Waals surface area (Å²) in [6.07, 6.45) is -0.710. The second-order valence-corrected chi connectivity index (χ2v) is 4.93. The SMILES string of the molecule is O=C(NCCOc1ccccc1F)[C@@H]1COc2ccccc2O1. The zero-order chi connectivity index (χ0) is 16.1. The van der Waals surface area contributed by atoms with Gasteiger partial charge in [-0.15, -0.1) is 0 Å². The van der Waals surface area contributed by atoms with Gasteiger partial charge in [-0.2, -0.15) is 0 Å². The Morgan fingerprint density at radius 2 is 1.91 bits per heavy atom. The molecule has 0 spiro atoms. The number of rotatable bonds is 5. The molecule has 1 amide bonds. The first-order valence-corrected chi connectivity index (χ1v) is 7.27. The monoisotopic (exact) mass is 317 g/mol. The van der Waals surface area contributed by atoms with E-state index in [0.717, 1.165) is 0 Å². The van der Waals surface area contributed by atoms with Crippen molar-refractivity contribution in [3.05, 3.63) is 54.3 Å². The number of benzene rings is 2. The Labute approximate surface area is 133 Å². The molecule has 0 aliphatic carbocycles. The molecule has 0 bridgehead atoms. The first kappa shape index (κ1) is 15.1. The first-order chi connectivity index (χ1) is 11.2. The molecule has 0 saturated carbocycles. The molecule has 1 aliphatic rings.